The minimum absolute atomic E-state index is 0.188. The molecule has 5 heteroatoms. The van der Waals surface area contributed by atoms with Crippen molar-refractivity contribution >= 4 is 17.0 Å². The van der Waals surface area contributed by atoms with Gasteiger partial charge in [0.05, 0.1) is 17.3 Å². The van der Waals surface area contributed by atoms with Crippen LogP contribution in [0, 0.1) is 0 Å². The Kier molecular flexibility index (Phi) is 1.98. The van der Waals surface area contributed by atoms with Crippen LogP contribution in [0.5, 0.6) is 0 Å². The molecule has 1 aromatic carbocycles. The van der Waals surface area contributed by atoms with E-state index in [9.17, 15) is 4.79 Å². The molecule has 3 rings (SSSR count). The highest BCUT2D eigenvalue weighted by Crippen LogP contribution is 2.21. The van der Waals surface area contributed by atoms with Gasteiger partial charge in [0.2, 0.25) is 5.88 Å². The Hall–Kier alpha value is -2.56. The number of carboxylic acids is 1. The van der Waals surface area contributed by atoms with Gasteiger partial charge in [-0.3, -0.25) is 4.57 Å². The van der Waals surface area contributed by atoms with Crippen molar-refractivity contribution in [1.82, 2.24) is 9.55 Å². The zero-order chi connectivity index (χ0) is 11.8. The minimum atomic E-state index is -0.986. The van der Waals surface area contributed by atoms with E-state index in [1.54, 1.807) is 41.4 Å². The van der Waals surface area contributed by atoms with E-state index >= 15 is 0 Å². The van der Waals surface area contributed by atoms with Crippen LogP contribution < -0.4 is 0 Å². The fraction of sp³-hybridized carbons (Fsp3) is 0. The van der Waals surface area contributed by atoms with Crippen molar-refractivity contribution in [3.63, 3.8) is 0 Å². The van der Waals surface area contributed by atoms with Crippen LogP contribution in [0.4, 0.5) is 0 Å². The van der Waals surface area contributed by atoms with Crippen LogP contribution in [-0.2, 0) is 0 Å². The van der Waals surface area contributed by atoms with Gasteiger partial charge in [-0.25, -0.2) is 9.78 Å². The molecule has 0 atom stereocenters. The average molecular weight is 228 g/mol. The van der Waals surface area contributed by atoms with Crippen molar-refractivity contribution < 1.29 is 14.3 Å². The molecule has 0 aliphatic rings. The Morgan fingerprint density at radius 3 is 2.88 bits per heavy atom. The summed E-state index contributed by atoms with van der Waals surface area (Å²) in [6.45, 7) is 0. The van der Waals surface area contributed by atoms with Gasteiger partial charge in [-0.2, -0.15) is 0 Å². The molecule has 0 saturated heterocycles. The number of hydrogen-bond acceptors (Lipinski definition) is 3. The maximum atomic E-state index is 11.0. The van der Waals surface area contributed by atoms with Crippen LogP contribution in [0.1, 0.15) is 10.4 Å². The molecule has 2 heterocycles. The van der Waals surface area contributed by atoms with Crippen LogP contribution in [-0.4, -0.2) is 20.6 Å². The van der Waals surface area contributed by atoms with Crippen LogP contribution in [0.15, 0.2) is 47.3 Å². The molecule has 3 aromatic rings. The van der Waals surface area contributed by atoms with E-state index in [-0.39, 0.29) is 5.56 Å². The lowest BCUT2D eigenvalue weighted by Gasteiger charge is -2.00. The molecule has 0 amide bonds. The van der Waals surface area contributed by atoms with Crippen LogP contribution >= 0.6 is 0 Å². The van der Waals surface area contributed by atoms with E-state index in [0.29, 0.717) is 16.9 Å². The second kappa shape index (κ2) is 3.48. The SMILES string of the molecule is O=C(O)c1cccc2c1ncn2-c1ccco1. The number of fused-ring (bicyclic) bond motifs is 1. The molecule has 0 aliphatic heterocycles. The van der Waals surface area contributed by atoms with Crippen molar-refractivity contribution in [1.29, 1.82) is 0 Å². The number of nitrogens with zero attached hydrogens (tertiary/aromatic N) is 2. The molecule has 0 fully saturated rings. The van der Waals surface area contributed by atoms with Gasteiger partial charge in [-0.15, -0.1) is 0 Å². The summed E-state index contributed by atoms with van der Waals surface area (Å²) in [7, 11) is 0. The number of imidazole rings is 1. The van der Waals surface area contributed by atoms with Crippen LogP contribution in [0.3, 0.4) is 0 Å². The molecule has 1 N–H and O–H groups in total. The minimum Gasteiger partial charge on any atom is -0.478 e. The Morgan fingerprint density at radius 2 is 2.18 bits per heavy atom. The number of furan rings is 1. The second-order valence-corrected chi connectivity index (χ2v) is 3.54. The lowest BCUT2D eigenvalue weighted by molar-refractivity contribution is 0.0699. The van der Waals surface area contributed by atoms with Gasteiger partial charge in [-0.1, -0.05) is 6.07 Å². The summed E-state index contributed by atoms with van der Waals surface area (Å²) < 4.78 is 6.97. The molecule has 84 valence electrons. The molecule has 0 bridgehead atoms. The number of aromatic nitrogens is 2. The predicted molar refractivity (Wildman–Crippen MR) is 60.3 cm³/mol. The van der Waals surface area contributed by atoms with Gasteiger partial charge in [-0.05, 0) is 18.2 Å². The first-order valence-electron chi connectivity index (χ1n) is 5.00. The molecule has 0 saturated carbocycles. The van der Waals surface area contributed by atoms with E-state index in [0.717, 1.165) is 0 Å². The van der Waals surface area contributed by atoms with Crippen molar-refractivity contribution in [3.05, 3.63) is 48.5 Å². The van der Waals surface area contributed by atoms with E-state index in [1.807, 2.05) is 0 Å². The third-order valence-electron chi connectivity index (χ3n) is 2.55. The zero-order valence-corrected chi connectivity index (χ0v) is 8.70. The predicted octanol–water partition coefficient (Wildman–Crippen LogP) is 2.32. The molecule has 0 aliphatic carbocycles. The fourth-order valence-corrected chi connectivity index (χ4v) is 1.79. The van der Waals surface area contributed by atoms with Crippen LogP contribution in [0.2, 0.25) is 0 Å². The zero-order valence-electron chi connectivity index (χ0n) is 8.70. The Morgan fingerprint density at radius 1 is 1.29 bits per heavy atom. The number of rotatable bonds is 2. The number of aromatic carboxylic acids is 1. The first-order valence-corrected chi connectivity index (χ1v) is 5.00. The standard InChI is InChI=1S/C12H8N2O3/c15-12(16)8-3-1-4-9-11(8)13-7-14(9)10-5-2-6-17-10/h1-7H,(H,15,16). The van der Waals surface area contributed by atoms with Gasteiger partial charge >= 0.3 is 5.97 Å². The second-order valence-electron chi connectivity index (χ2n) is 3.54. The Balaban J connectivity index is 2.31. The quantitative estimate of drug-likeness (QED) is 0.730. The summed E-state index contributed by atoms with van der Waals surface area (Å²) in [5.41, 5.74) is 1.35. The highest BCUT2D eigenvalue weighted by Gasteiger charge is 2.13. The summed E-state index contributed by atoms with van der Waals surface area (Å²) in [5.74, 6) is -0.379. The molecular weight excluding hydrogens is 220 g/mol. The van der Waals surface area contributed by atoms with Gasteiger partial charge in [0.1, 0.15) is 11.8 Å². The Labute approximate surface area is 95.9 Å². The summed E-state index contributed by atoms with van der Waals surface area (Å²) in [5, 5.41) is 9.05. The van der Waals surface area contributed by atoms with Gasteiger partial charge in [0, 0.05) is 6.07 Å². The van der Waals surface area contributed by atoms with E-state index in [1.165, 1.54) is 6.07 Å². The normalized spacial score (nSPS) is 10.8. The summed E-state index contributed by atoms with van der Waals surface area (Å²) >= 11 is 0. The molecule has 0 spiro atoms. The number of carbonyl (C=O) groups is 1. The van der Waals surface area contributed by atoms with E-state index in [4.69, 9.17) is 9.52 Å². The number of hydrogen-bond donors (Lipinski definition) is 1. The summed E-state index contributed by atoms with van der Waals surface area (Å²) in [4.78, 5) is 15.2. The summed E-state index contributed by atoms with van der Waals surface area (Å²) in [6.07, 6.45) is 3.11. The molecule has 0 unspecified atom stereocenters. The average Bonchev–Trinajstić information content (AvgIpc) is 2.96. The van der Waals surface area contributed by atoms with E-state index < -0.39 is 5.97 Å². The molecule has 5 nitrogen and oxygen atoms in total. The molecule has 17 heavy (non-hydrogen) atoms. The first kappa shape index (κ1) is 9.65. The lowest BCUT2D eigenvalue weighted by Crippen LogP contribution is -1.97. The number of para-hydroxylation sites is 1. The molecule has 2 aromatic heterocycles. The monoisotopic (exact) mass is 228 g/mol. The van der Waals surface area contributed by atoms with Crippen LogP contribution in [0.25, 0.3) is 16.9 Å². The Bertz CT molecular complexity index is 683. The van der Waals surface area contributed by atoms with Crippen molar-refractivity contribution in [2.24, 2.45) is 0 Å². The first-order chi connectivity index (χ1) is 8.27. The van der Waals surface area contributed by atoms with Gasteiger partial charge in [0.25, 0.3) is 0 Å². The maximum Gasteiger partial charge on any atom is 0.337 e. The number of benzene rings is 1. The smallest absolute Gasteiger partial charge is 0.337 e. The largest absolute Gasteiger partial charge is 0.478 e. The topological polar surface area (TPSA) is 68.3 Å². The maximum absolute atomic E-state index is 11.0. The lowest BCUT2D eigenvalue weighted by atomic mass is 10.2. The van der Waals surface area contributed by atoms with Crippen molar-refractivity contribution in [2.45, 2.75) is 0 Å². The fourth-order valence-electron chi connectivity index (χ4n) is 1.79. The van der Waals surface area contributed by atoms with Gasteiger partial charge in [0.15, 0.2) is 0 Å². The van der Waals surface area contributed by atoms with Gasteiger partial charge < -0.3 is 9.52 Å². The van der Waals surface area contributed by atoms with Crippen molar-refractivity contribution in [2.75, 3.05) is 0 Å². The van der Waals surface area contributed by atoms with E-state index in [2.05, 4.69) is 4.98 Å². The third-order valence-corrected chi connectivity index (χ3v) is 2.55. The molecule has 0 radical (unpaired) electrons. The summed E-state index contributed by atoms with van der Waals surface area (Å²) in [6, 6.07) is 8.57. The number of carboxylic acid groups (broad SMARTS) is 1. The van der Waals surface area contributed by atoms with Crippen molar-refractivity contribution in [3.8, 4) is 5.88 Å². The highest BCUT2D eigenvalue weighted by molar-refractivity contribution is 6.01. The molecular formula is C12H8N2O3. The highest BCUT2D eigenvalue weighted by atomic mass is 16.4. The third kappa shape index (κ3) is 1.40.